The van der Waals surface area contributed by atoms with Gasteiger partial charge in [0.25, 0.3) is 11.8 Å². The standard InChI is InChI=1S/C27H39F5N4O5S/c1-7-8-18-13-27(31,32)14-19(36(18)24(39)21(25(2,3)4)34-15-26(5,29)30)23(38)35-17(12-20(28)42(6,40)41)11-16-9-10-33-22(16)37/h1,12,16-19,21,34H,8-11,13-15H2,2-6H3,(H,33,37)(H,35,38)/b20-12+/t16-,17-,18-,19-,21?/m0/s1. The fourth-order valence-electron chi connectivity index (χ4n) is 5.12. The molecular weight excluding hydrogens is 587 g/mol. The van der Waals surface area contributed by atoms with Gasteiger partial charge in [-0.15, -0.1) is 12.3 Å². The number of alkyl halides is 4. The number of carbonyl (C=O) groups excluding carboxylic acids is 3. The van der Waals surface area contributed by atoms with Gasteiger partial charge in [-0.05, 0) is 24.3 Å². The van der Waals surface area contributed by atoms with Crippen molar-refractivity contribution in [2.75, 3.05) is 19.3 Å². The second kappa shape index (κ2) is 13.3. The van der Waals surface area contributed by atoms with Gasteiger partial charge in [0.05, 0.1) is 18.6 Å². The summed E-state index contributed by atoms with van der Waals surface area (Å²) in [5.41, 5.74) is -1.01. The molecule has 1 unspecified atom stereocenters. The van der Waals surface area contributed by atoms with Gasteiger partial charge in [0.2, 0.25) is 32.7 Å². The fraction of sp³-hybridized carbons (Fsp3) is 0.741. The number of amides is 3. The number of likely N-dealkylation sites (tertiary alicyclic amines) is 1. The quantitative estimate of drug-likeness (QED) is 0.239. The molecule has 2 saturated heterocycles. The lowest BCUT2D eigenvalue weighted by Gasteiger charge is -2.47. The summed E-state index contributed by atoms with van der Waals surface area (Å²) in [6, 6.07) is -5.98. The largest absolute Gasteiger partial charge is 0.356 e. The number of nitrogens with one attached hydrogen (secondary N) is 3. The smallest absolute Gasteiger partial charge is 0.257 e. The van der Waals surface area contributed by atoms with Crippen LogP contribution in [0.5, 0.6) is 0 Å². The molecule has 2 aliphatic rings. The molecule has 2 fully saturated rings. The van der Waals surface area contributed by atoms with Crippen molar-refractivity contribution in [3.63, 3.8) is 0 Å². The molecule has 0 aliphatic carbocycles. The minimum absolute atomic E-state index is 0.247. The topological polar surface area (TPSA) is 125 Å². The number of rotatable bonds is 11. The minimum Gasteiger partial charge on any atom is -0.356 e. The monoisotopic (exact) mass is 626 g/mol. The second-order valence-corrected chi connectivity index (χ2v) is 14.1. The molecule has 0 saturated carbocycles. The predicted molar refractivity (Wildman–Crippen MR) is 146 cm³/mol. The molecule has 9 nitrogen and oxygen atoms in total. The van der Waals surface area contributed by atoms with Gasteiger partial charge in [0.15, 0.2) is 0 Å². The maximum absolute atomic E-state index is 14.9. The normalized spacial score (nSPS) is 24.9. The first kappa shape index (κ1) is 35.5. The maximum atomic E-state index is 14.9. The number of terminal acetylenes is 1. The van der Waals surface area contributed by atoms with Crippen LogP contribution in [-0.4, -0.2) is 86.4 Å². The molecule has 0 aromatic heterocycles. The molecule has 0 bridgehead atoms. The van der Waals surface area contributed by atoms with Gasteiger partial charge in [-0.25, -0.2) is 26.0 Å². The third-order valence-electron chi connectivity index (χ3n) is 7.11. The Morgan fingerprint density at radius 2 is 1.86 bits per heavy atom. The van der Waals surface area contributed by atoms with Crippen molar-refractivity contribution in [1.29, 1.82) is 0 Å². The zero-order valence-electron chi connectivity index (χ0n) is 24.3. The van der Waals surface area contributed by atoms with Crippen LogP contribution in [0.15, 0.2) is 11.2 Å². The molecule has 238 valence electrons. The van der Waals surface area contributed by atoms with Crippen molar-refractivity contribution in [2.24, 2.45) is 11.3 Å². The first-order valence-electron chi connectivity index (χ1n) is 13.5. The van der Waals surface area contributed by atoms with E-state index in [2.05, 4.69) is 21.9 Å². The lowest BCUT2D eigenvalue weighted by molar-refractivity contribution is -0.163. The van der Waals surface area contributed by atoms with E-state index < -0.39 is 99.4 Å². The van der Waals surface area contributed by atoms with Crippen LogP contribution in [0.4, 0.5) is 22.0 Å². The van der Waals surface area contributed by atoms with Gasteiger partial charge in [-0.1, -0.05) is 20.8 Å². The zero-order valence-corrected chi connectivity index (χ0v) is 25.1. The maximum Gasteiger partial charge on any atom is 0.257 e. The van der Waals surface area contributed by atoms with Crippen LogP contribution in [0.3, 0.4) is 0 Å². The van der Waals surface area contributed by atoms with Crippen molar-refractivity contribution >= 4 is 27.6 Å². The zero-order chi connectivity index (χ0) is 32.3. The van der Waals surface area contributed by atoms with Crippen LogP contribution in [0.25, 0.3) is 0 Å². The average Bonchev–Trinajstić information content (AvgIpc) is 3.20. The lowest BCUT2D eigenvalue weighted by atomic mass is 9.82. The molecule has 0 aromatic carbocycles. The van der Waals surface area contributed by atoms with Crippen LogP contribution >= 0.6 is 0 Å². The Labute approximate surface area is 243 Å². The molecule has 2 heterocycles. The van der Waals surface area contributed by atoms with E-state index >= 15 is 0 Å². The van der Waals surface area contributed by atoms with Gasteiger partial charge in [0, 0.05) is 50.9 Å². The molecule has 2 aliphatic heterocycles. The predicted octanol–water partition coefficient (Wildman–Crippen LogP) is 2.53. The molecule has 0 radical (unpaired) electrons. The number of sulfone groups is 1. The summed E-state index contributed by atoms with van der Waals surface area (Å²) in [7, 11) is -4.34. The van der Waals surface area contributed by atoms with Gasteiger partial charge in [-0.2, -0.15) is 4.39 Å². The fourth-order valence-corrected chi connectivity index (χ4v) is 5.53. The van der Waals surface area contributed by atoms with Gasteiger partial charge >= 0.3 is 0 Å². The Kier molecular flexibility index (Phi) is 11.2. The van der Waals surface area contributed by atoms with Crippen molar-refractivity contribution in [2.45, 2.75) is 95.8 Å². The van der Waals surface area contributed by atoms with Gasteiger partial charge in [-0.3, -0.25) is 19.7 Å². The summed E-state index contributed by atoms with van der Waals surface area (Å²) in [5, 5.41) is 5.79. The van der Waals surface area contributed by atoms with E-state index in [0.717, 1.165) is 4.90 Å². The van der Waals surface area contributed by atoms with E-state index in [-0.39, 0.29) is 12.8 Å². The Morgan fingerprint density at radius 3 is 2.33 bits per heavy atom. The number of hydrogen-bond acceptors (Lipinski definition) is 6. The minimum atomic E-state index is -4.34. The molecular formula is C27H39F5N4O5S. The first-order valence-corrected chi connectivity index (χ1v) is 15.3. The van der Waals surface area contributed by atoms with Crippen molar-refractivity contribution < 1.29 is 44.8 Å². The second-order valence-electron chi connectivity index (χ2n) is 12.2. The number of piperidine rings is 1. The number of hydrogen-bond donors (Lipinski definition) is 3. The van der Waals surface area contributed by atoms with Crippen LogP contribution in [0.1, 0.15) is 59.8 Å². The van der Waals surface area contributed by atoms with Gasteiger partial charge in [0.1, 0.15) is 6.04 Å². The number of carbonyl (C=O) groups is 3. The molecule has 5 atom stereocenters. The van der Waals surface area contributed by atoms with E-state index in [9.17, 15) is 44.8 Å². The molecule has 0 spiro atoms. The molecule has 15 heteroatoms. The summed E-state index contributed by atoms with van der Waals surface area (Å²) in [4.78, 5) is 40.5. The van der Waals surface area contributed by atoms with Crippen LogP contribution in [0.2, 0.25) is 0 Å². The SMILES string of the molecule is C#CC[C@H]1CC(F)(F)C[C@@H](C(=O)N[C@H](/C=C(\F)S(C)(=O)=O)C[C@@H]2CCNC2=O)N1C(=O)C(NCC(C)(F)F)C(C)(C)C. The molecule has 2 rings (SSSR count). The van der Waals surface area contributed by atoms with Crippen LogP contribution in [0, 0.1) is 23.7 Å². The Hall–Kier alpha value is -2.73. The first-order chi connectivity index (χ1) is 19.1. The highest BCUT2D eigenvalue weighted by molar-refractivity contribution is 7.94. The third-order valence-corrected chi connectivity index (χ3v) is 7.96. The van der Waals surface area contributed by atoms with Crippen LogP contribution in [-0.2, 0) is 24.2 Å². The van der Waals surface area contributed by atoms with Crippen LogP contribution < -0.4 is 16.0 Å². The Morgan fingerprint density at radius 1 is 1.24 bits per heavy atom. The van der Waals surface area contributed by atoms with E-state index in [4.69, 9.17) is 6.42 Å². The van der Waals surface area contributed by atoms with E-state index in [0.29, 0.717) is 32.2 Å². The molecule has 0 aromatic rings. The van der Waals surface area contributed by atoms with Gasteiger partial charge < -0.3 is 15.5 Å². The molecule has 3 amide bonds. The van der Waals surface area contributed by atoms with Crippen molar-refractivity contribution in [3.8, 4) is 12.3 Å². The highest BCUT2D eigenvalue weighted by Crippen LogP contribution is 2.38. The summed E-state index contributed by atoms with van der Waals surface area (Å²) in [5.74, 6) is -7.68. The molecule has 42 heavy (non-hydrogen) atoms. The third kappa shape index (κ3) is 9.93. The lowest BCUT2D eigenvalue weighted by Crippen LogP contribution is -2.66. The summed E-state index contributed by atoms with van der Waals surface area (Å²) < 4.78 is 95.3. The van der Waals surface area contributed by atoms with E-state index in [1.165, 1.54) is 0 Å². The summed E-state index contributed by atoms with van der Waals surface area (Å²) >= 11 is 0. The Balaban J connectivity index is 2.53. The number of nitrogens with zero attached hydrogens (tertiary/aromatic N) is 1. The van der Waals surface area contributed by atoms with E-state index in [1.807, 2.05) is 0 Å². The summed E-state index contributed by atoms with van der Waals surface area (Å²) in [6.07, 6.45) is 4.21. The summed E-state index contributed by atoms with van der Waals surface area (Å²) in [6.45, 7) is 4.73. The average molecular weight is 627 g/mol. The van der Waals surface area contributed by atoms with Crippen molar-refractivity contribution in [1.82, 2.24) is 20.9 Å². The number of halogens is 5. The van der Waals surface area contributed by atoms with Crippen molar-refractivity contribution in [3.05, 3.63) is 11.2 Å². The van der Waals surface area contributed by atoms with E-state index in [1.54, 1.807) is 20.8 Å². The Bertz CT molecular complexity index is 1210. The molecule has 3 N–H and O–H groups in total. The highest BCUT2D eigenvalue weighted by Gasteiger charge is 2.52. The highest BCUT2D eigenvalue weighted by atomic mass is 32.2.